The van der Waals surface area contributed by atoms with E-state index in [2.05, 4.69) is 35.6 Å². The average Bonchev–Trinajstić information content (AvgIpc) is 2.92. The van der Waals surface area contributed by atoms with Crippen LogP contribution in [0.4, 0.5) is 0 Å². The van der Waals surface area contributed by atoms with E-state index in [1.807, 2.05) is 59.0 Å². The van der Waals surface area contributed by atoms with Gasteiger partial charge in [-0.1, -0.05) is 76.2 Å². The van der Waals surface area contributed by atoms with Crippen LogP contribution in [0.3, 0.4) is 0 Å². The van der Waals surface area contributed by atoms with Gasteiger partial charge < -0.3 is 25.1 Å². The van der Waals surface area contributed by atoms with Crippen molar-refractivity contribution in [3.05, 3.63) is 59.9 Å². The first-order valence-corrected chi connectivity index (χ1v) is 12.3. The Balaban J connectivity index is 0. The summed E-state index contributed by atoms with van der Waals surface area (Å²) in [6.45, 7) is 13.2. The van der Waals surface area contributed by atoms with Crippen LogP contribution >= 0.6 is 0 Å². The van der Waals surface area contributed by atoms with Gasteiger partial charge in [-0.25, -0.2) is 0 Å². The number of nitrogens with zero attached hydrogens (tertiary/aromatic N) is 1. The van der Waals surface area contributed by atoms with E-state index in [4.69, 9.17) is 19.8 Å². The molecule has 0 saturated heterocycles. The molecule has 0 aliphatic carbocycles. The van der Waals surface area contributed by atoms with Crippen molar-refractivity contribution in [2.75, 3.05) is 33.4 Å². The van der Waals surface area contributed by atoms with Gasteiger partial charge in [0.25, 0.3) is 0 Å². The number of aldehydes is 1. The van der Waals surface area contributed by atoms with Gasteiger partial charge in [0.15, 0.2) is 12.0 Å². The molecule has 0 aliphatic rings. The number of ether oxygens (including phenoxy) is 1. The largest absolute Gasteiger partial charge is 0.396 e. The van der Waals surface area contributed by atoms with Crippen LogP contribution in [0.15, 0.2) is 59.5 Å². The number of aliphatic hydroxyl groups excluding tert-OH is 2. The van der Waals surface area contributed by atoms with E-state index >= 15 is 0 Å². The number of carbonyl (C=O) groups excluding carboxylic acids is 1. The van der Waals surface area contributed by atoms with Crippen molar-refractivity contribution in [1.82, 2.24) is 5.32 Å². The lowest BCUT2D eigenvalue weighted by Crippen LogP contribution is -2.20. The number of oxime groups is 1. The maximum absolute atomic E-state index is 10.5. The third kappa shape index (κ3) is 16.6. The Labute approximate surface area is 211 Å². The fourth-order valence-corrected chi connectivity index (χ4v) is 2.60. The number of carbonyl (C=O) groups is 1. The van der Waals surface area contributed by atoms with Crippen LogP contribution in [0, 0.1) is 5.92 Å². The first-order chi connectivity index (χ1) is 17.1. The summed E-state index contributed by atoms with van der Waals surface area (Å²) < 4.78 is 5.59. The minimum absolute atomic E-state index is 0.156. The minimum atomic E-state index is -0.190. The van der Waals surface area contributed by atoms with Gasteiger partial charge in [0, 0.05) is 6.61 Å². The quantitative estimate of drug-likeness (QED) is 0.166. The SMILES string of the molecule is C/C(C=O)=N\O/C(=C/CO)COCc1ccc2ccccc2c1.CC.CC.CC[C@H](CO)CNC. The van der Waals surface area contributed by atoms with Gasteiger partial charge in [0.1, 0.15) is 12.3 Å². The molecule has 2 aromatic rings. The molecule has 0 saturated carbocycles. The summed E-state index contributed by atoms with van der Waals surface area (Å²) in [7, 11) is 1.90. The Kier molecular flexibility index (Phi) is 24.3. The third-order valence-corrected chi connectivity index (χ3v) is 4.45. The number of hydrogen-bond acceptors (Lipinski definition) is 7. The molecule has 35 heavy (non-hydrogen) atoms. The van der Waals surface area contributed by atoms with Crippen LogP contribution in [0.25, 0.3) is 10.8 Å². The van der Waals surface area contributed by atoms with E-state index in [1.165, 1.54) is 18.4 Å². The molecule has 0 aromatic heterocycles. The maximum Gasteiger partial charge on any atom is 0.167 e. The molecule has 0 heterocycles. The molecule has 1 atom stereocenters. The van der Waals surface area contributed by atoms with E-state index in [-0.39, 0.29) is 18.9 Å². The Bertz CT molecular complexity index is 833. The summed E-state index contributed by atoms with van der Waals surface area (Å²) in [5, 5.41) is 26.5. The minimum Gasteiger partial charge on any atom is -0.396 e. The number of nitrogens with one attached hydrogen (secondary N) is 1. The molecule has 0 amide bonds. The van der Waals surface area contributed by atoms with Crippen molar-refractivity contribution < 1.29 is 24.6 Å². The molecule has 0 unspecified atom stereocenters. The van der Waals surface area contributed by atoms with Crippen molar-refractivity contribution in [1.29, 1.82) is 0 Å². The first kappa shape index (κ1) is 34.6. The molecule has 0 radical (unpaired) electrons. The lowest BCUT2D eigenvalue weighted by Gasteiger charge is -2.08. The van der Waals surface area contributed by atoms with Gasteiger partial charge in [-0.15, -0.1) is 0 Å². The van der Waals surface area contributed by atoms with Crippen molar-refractivity contribution >= 4 is 22.8 Å². The molecular weight excluding hydrogens is 444 g/mol. The summed E-state index contributed by atoms with van der Waals surface area (Å²) in [5.74, 6) is 0.800. The van der Waals surface area contributed by atoms with Crippen molar-refractivity contribution in [3.63, 3.8) is 0 Å². The number of aliphatic hydroxyl groups is 2. The molecule has 0 bridgehead atoms. The second-order valence-electron chi connectivity index (χ2n) is 6.98. The van der Waals surface area contributed by atoms with Crippen molar-refractivity contribution in [3.8, 4) is 0 Å². The Morgan fingerprint density at radius 3 is 2.26 bits per heavy atom. The van der Waals surface area contributed by atoms with E-state index in [9.17, 15) is 4.79 Å². The molecule has 7 nitrogen and oxygen atoms in total. The zero-order valence-corrected chi connectivity index (χ0v) is 22.6. The molecule has 0 spiro atoms. The standard InChI is InChI=1S/C18H19NO4.C6H15NO.2C2H6/c1-14(11-21)19-23-18(8-9-20)13-22-12-15-6-7-16-4-2-3-5-17(16)10-15;1-3-6(5-8)4-7-2;2*1-2/h2-8,10-11,20H,9,12-13H2,1H3;6-8H,3-5H2,1-2H3;2*1-2H3/b18-8+,19-14+;;;/t;6-;;/m.0../s1. The van der Waals surface area contributed by atoms with Crippen LogP contribution in [0.5, 0.6) is 0 Å². The van der Waals surface area contributed by atoms with Crippen LogP contribution in [-0.2, 0) is 21.0 Å². The second-order valence-corrected chi connectivity index (χ2v) is 6.98. The highest BCUT2D eigenvalue weighted by Crippen LogP contribution is 2.16. The summed E-state index contributed by atoms with van der Waals surface area (Å²) >= 11 is 0. The highest BCUT2D eigenvalue weighted by atomic mass is 16.6. The van der Waals surface area contributed by atoms with Gasteiger partial charge in [-0.2, -0.15) is 0 Å². The molecular formula is C28H46N2O5. The Hall–Kier alpha value is -2.58. The summed E-state index contributed by atoms with van der Waals surface area (Å²) in [6, 6.07) is 14.2. The second kappa shape index (κ2) is 24.5. The number of hydrogen-bond donors (Lipinski definition) is 3. The van der Waals surface area contributed by atoms with E-state index in [1.54, 1.807) is 0 Å². The van der Waals surface area contributed by atoms with Gasteiger partial charge in [-0.05, 0) is 61.3 Å². The van der Waals surface area contributed by atoms with Gasteiger partial charge in [-0.3, -0.25) is 4.79 Å². The Morgan fingerprint density at radius 2 is 1.74 bits per heavy atom. The normalized spacial score (nSPS) is 11.7. The van der Waals surface area contributed by atoms with Crippen LogP contribution in [0.2, 0.25) is 0 Å². The molecule has 2 rings (SSSR count). The zero-order valence-electron chi connectivity index (χ0n) is 22.6. The monoisotopic (exact) mass is 490 g/mol. The van der Waals surface area contributed by atoms with Gasteiger partial charge in [0.05, 0.1) is 13.2 Å². The molecule has 198 valence electrons. The fourth-order valence-electron chi connectivity index (χ4n) is 2.60. The predicted molar refractivity (Wildman–Crippen MR) is 147 cm³/mol. The smallest absolute Gasteiger partial charge is 0.167 e. The Morgan fingerprint density at radius 1 is 1.09 bits per heavy atom. The fraction of sp³-hybridized carbons (Fsp3) is 0.500. The number of rotatable bonds is 12. The molecule has 0 aliphatic heterocycles. The average molecular weight is 491 g/mol. The highest BCUT2D eigenvalue weighted by molar-refractivity contribution is 6.26. The first-order valence-electron chi connectivity index (χ1n) is 12.3. The molecule has 3 N–H and O–H groups in total. The molecule has 0 fully saturated rings. The van der Waals surface area contributed by atoms with Crippen molar-refractivity contribution in [2.24, 2.45) is 11.1 Å². The van der Waals surface area contributed by atoms with Crippen LogP contribution in [0.1, 0.15) is 53.5 Å². The zero-order chi connectivity index (χ0) is 26.9. The van der Waals surface area contributed by atoms with Crippen LogP contribution < -0.4 is 5.32 Å². The summed E-state index contributed by atoms with van der Waals surface area (Å²) in [6.07, 6.45) is 3.09. The van der Waals surface area contributed by atoms with Crippen molar-refractivity contribution in [2.45, 2.75) is 54.6 Å². The van der Waals surface area contributed by atoms with E-state index < -0.39 is 0 Å². The number of fused-ring (bicyclic) bond motifs is 1. The highest BCUT2D eigenvalue weighted by Gasteiger charge is 2.02. The number of benzene rings is 2. The van der Waals surface area contributed by atoms with E-state index in [0.29, 0.717) is 31.2 Å². The topological polar surface area (TPSA) is 100 Å². The van der Waals surface area contributed by atoms with E-state index in [0.717, 1.165) is 23.9 Å². The molecule has 2 aromatic carbocycles. The lowest BCUT2D eigenvalue weighted by molar-refractivity contribution is -0.102. The van der Waals surface area contributed by atoms with Gasteiger partial charge >= 0.3 is 0 Å². The lowest BCUT2D eigenvalue weighted by atomic mass is 10.1. The third-order valence-electron chi connectivity index (χ3n) is 4.45. The summed E-state index contributed by atoms with van der Waals surface area (Å²) in [5.41, 5.74) is 1.25. The molecule has 7 heteroatoms. The predicted octanol–water partition coefficient (Wildman–Crippen LogP) is 5.10. The van der Waals surface area contributed by atoms with Gasteiger partial charge in [0.2, 0.25) is 0 Å². The van der Waals surface area contributed by atoms with Crippen LogP contribution in [-0.4, -0.2) is 55.6 Å². The maximum atomic E-state index is 10.5. The summed E-state index contributed by atoms with van der Waals surface area (Å²) in [4.78, 5) is 15.5.